The number of hydrazone groups is 1. The molecule has 0 amide bonds. The van der Waals surface area contributed by atoms with Gasteiger partial charge in [-0.3, -0.25) is 0 Å². The summed E-state index contributed by atoms with van der Waals surface area (Å²) in [5.74, 6) is 0. The van der Waals surface area contributed by atoms with Crippen molar-refractivity contribution in [3.8, 4) is 0 Å². The van der Waals surface area contributed by atoms with Crippen molar-refractivity contribution in [2.45, 2.75) is 4.90 Å². The average molecular weight is 368 g/mol. The van der Waals surface area contributed by atoms with Gasteiger partial charge in [-0.2, -0.15) is 13.5 Å². The van der Waals surface area contributed by atoms with Crippen LogP contribution < -0.4 is 4.83 Å². The summed E-state index contributed by atoms with van der Waals surface area (Å²) in [7, 11) is -3.81. The maximum absolute atomic E-state index is 12.2. The van der Waals surface area contributed by atoms with E-state index in [-0.39, 0.29) is 14.9 Å². The van der Waals surface area contributed by atoms with Gasteiger partial charge in [0.1, 0.15) is 0 Å². The van der Waals surface area contributed by atoms with E-state index in [9.17, 15) is 8.42 Å². The van der Waals surface area contributed by atoms with Crippen LogP contribution in [-0.2, 0) is 10.0 Å². The molecule has 0 aliphatic heterocycles. The minimum absolute atomic E-state index is 0.0111. The predicted molar refractivity (Wildman–Crippen MR) is 92.7 cm³/mol. The van der Waals surface area contributed by atoms with Gasteiger partial charge in [-0.1, -0.05) is 41.4 Å². The standard InChI is InChI=1S/C15H11Cl2N3O2S/c16-13-6-5-11(7-14(13)17)23(21,22)20-19-9-10-8-18-15-4-2-1-3-12(10)15/h1-9,18,20H/b19-9+. The van der Waals surface area contributed by atoms with Crippen LogP contribution in [0.3, 0.4) is 0 Å². The number of nitrogens with one attached hydrogen (secondary N) is 2. The second-order valence-corrected chi connectivity index (χ2v) is 7.19. The highest BCUT2D eigenvalue weighted by Gasteiger charge is 2.14. The summed E-state index contributed by atoms with van der Waals surface area (Å²) in [5, 5.41) is 5.20. The number of para-hydroxylation sites is 1. The molecule has 2 N–H and O–H groups in total. The van der Waals surface area contributed by atoms with Crippen LogP contribution in [0.1, 0.15) is 5.56 Å². The smallest absolute Gasteiger partial charge is 0.276 e. The highest BCUT2D eigenvalue weighted by Crippen LogP contribution is 2.24. The van der Waals surface area contributed by atoms with Crippen molar-refractivity contribution in [2.24, 2.45) is 5.10 Å². The third-order valence-electron chi connectivity index (χ3n) is 3.20. The third-order valence-corrected chi connectivity index (χ3v) is 5.16. The molecule has 0 saturated carbocycles. The number of H-pyrrole nitrogens is 1. The second kappa shape index (κ2) is 6.23. The van der Waals surface area contributed by atoms with E-state index in [1.54, 1.807) is 6.20 Å². The molecular formula is C15H11Cl2N3O2S. The molecule has 23 heavy (non-hydrogen) atoms. The van der Waals surface area contributed by atoms with E-state index >= 15 is 0 Å². The number of rotatable bonds is 4. The maximum Gasteiger partial charge on any atom is 0.276 e. The molecule has 2 aromatic carbocycles. The lowest BCUT2D eigenvalue weighted by Crippen LogP contribution is -2.18. The Balaban J connectivity index is 1.82. The summed E-state index contributed by atoms with van der Waals surface area (Å²) in [5.41, 5.74) is 1.72. The Labute approximate surface area is 143 Å². The van der Waals surface area contributed by atoms with E-state index in [4.69, 9.17) is 23.2 Å². The van der Waals surface area contributed by atoms with Crippen molar-refractivity contribution >= 4 is 50.3 Å². The molecule has 0 aliphatic carbocycles. The number of aromatic amines is 1. The average Bonchev–Trinajstić information content (AvgIpc) is 2.93. The monoisotopic (exact) mass is 367 g/mol. The summed E-state index contributed by atoms with van der Waals surface area (Å²) in [4.78, 5) is 5.22. The lowest BCUT2D eigenvalue weighted by atomic mass is 10.2. The minimum atomic E-state index is -3.81. The SMILES string of the molecule is O=S(=O)(N/N=C/c1c[nH]c2ccccc12)c1ccc(Cl)c(Cl)c1. The van der Waals surface area contributed by atoms with Gasteiger partial charge in [-0.25, -0.2) is 4.83 Å². The first-order valence-electron chi connectivity index (χ1n) is 6.53. The molecule has 0 aliphatic rings. The van der Waals surface area contributed by atoms with Gasteiger partial charge < -0.3 is 4.98 Å². The molecule has 3 aromatic rings. The minimum Gasteiger partial charge on any atom is -0.361 e. The Morgan fingerprint density at radius 3 is 2.65 bits per heavy atom. The van der Waals surface area contributed by atoms with E-state index in [1.807, 2.05) is 24.3 Å². The van der Waals surface area contributed by atoms with E-state index in [0.717, 1.165) is 16.5 Å². The summed E-state index contributed by atoms with van der Waals surface area (Å²) in [6, 6.07) is 11.7. The molecule has 3 rings (SSSR count). The number of fused-ring (bicyclic) bond motifs is 1. The van der Waals surface area contributed by atoms with Crippen molar-refractivity contribution in [2.75, 3.05) is 0 Å². The van der Waals surface area contributed by atoms with Crippen molar-refractivity contribution < 1.29 is 8.42 Å². The van der Waals surface area contributed by atoms with Crippen LogP contribution in [0.5, 0.6) is 0 Å². The van der Waals surface area contributed by atoms with Gasteiger partial charge in [0.25, 0.3) is 10.0 Å². The van der Waals surface area contributed by atoms with Gasteiger partial charge in [0.15, 0.2) is 0 Å². The Hall–Kier alpha value is -2.02. The number of aromatic nitrogens is 1. The van der Waals surface area contributed by atoms with Crippen LogP contribution in [0.2, 0.25) is 10.0 Å². The number of nitrogens with zero attached hydrogens (tertiary/aromatic N) is 1. The number of sulfonamides is 1. The molecular weight excluding hydrogens is 357 g/mol. The quantitative estimate of drug-likeness (QED) is 0.543. The molecule has 8 heteroatoms. The largest absolute Gasteiger partial charge is 0.361 e. The number of benzene rings is 2. The predicted octanol–water partition coefficient (Wildman–Crippen LogP) is 3.79. The molecule has 0 bridgehead atoms. The van der Waals surface area contributed by atoms with Crippen molar-refractivity contribution in [3.63, 3.8) is 0 Å². The van der Waals surface area contributed by atoms with Crippen molar-refractivity contribution in [3.05, 3.63) is 64.3 Å². The molecule has 0 unspecified atom stereocenters. The fourth-order valence-electron chi connectivity index (χ4n) is 2.06. The summed E-state index contributed by atoms with van der Waals surface area (Å²) in [6.07, 6.45) is 3.19. The Morgan fingerprint density at radius 2 is 1.87 bits per heavy atom. The highest BCUT2D eigenvalue weighted by molar-refractivity contribution is 7.89. The van der Waals surface area contributed by atoms with E-state index < -0.39 is 10.0 Å². The summed E-state index contributed by atoms with van der Waals surface area (Å²) < 4.78 is 24.3. The Kier molecular flexibility index (Phi) is 4.30. The molecule has 118 valence electrons. The zero-order valence-corrected chi connectivity index (χ0v) is 14.0. The van der Waals surface area contributed by atoms with Crippen LogP contribution in [0.25, 0.3) is 10.9 Å². The first-order valence-corrected chi connectivity index (χ1v) is 8.77. The number of hydrogen-bond acceptors (Lipinski definition) is 3. The molecule has 1 heterocycles. The van der Waals surface area contributed by atoms with Gasteiger partial charge in [-0.05, 0) is 24.3 Å². The van der Waals surface area contributed by atoms with Crippen LogP contribution in [0, 0.1) is 0 Å². The molecule has 1 aromatic heterocycles. The zero-order valence-electron chi connectivity index (χ0n) is 11.6. The van der Waals surface area contributed by atoms with E-state index in [2.05, 4.69) is 14.9 Å². The van der Waals surface area contributed by atoms with Crippen molar-refractivity contribution in [1.29, 1.82) is 0 Å². The second-order valence-electron chi connectivity index (χ2n) is 4.72. The first-order chi connectivity index (χ1) is 11.0. The molecule has 0 spiro atoms. The van der Waals surface area contributed by atoms with Crippen LogP contribution in [0.4, 0.5) is 0 Å². The van der Waals surface area contributed by atoms with E-state index in [0.29, 0.717) is 0 Å². The molecule has 0 radical (unpaired) electrons. The summed E-state index contributed by atoms with van der Waals surface area (Å²) >= 11 is 11.6. The molecule has 5 nitrogen and oxygen atoms in total. The normalized spacial score (nSPS) is 12.1. The first kappa shape index (κ1) is 15.9. The lowest BCUT2D eigenvalue weighted by molar-refractivity contribution is 0.584. The molecule has 0 saturated heterocycles. The van der Waals surface area contributed by atoms with Crippen LogP contribution in [0.15, 0.2) is 58.7 Å². The van der Waals surface area contributed by atoms with Gasteiger partial charge in [-0.15, -0.1) is 0 Å². The fourth-order valence-corrected chi connectivity index (χ4v) is 3.24. The number of hydrogen-bond donors (Lipinski definition) is 2. The van der Waals surface area contributed by atoms with Crippen LogP contribution in [-0.4, -0.2) is 19.6 Å². The summed E-state index contributed by atoms with van der Waals surface area (Å²) in [6.45, 7) is 0. The van der Waals surface area contributed by atoms with Crippen molar-refractivity contribution in [1.82, 2.24) is 9.82 Å². The Bertz CT molecular complexity index is 997. The molecule has 0 fully saturated rings. The zero-order chi connectivity index (χ0) is 16.4. The Morgan fingerprint density at radius 1 is 1.09 bits per heavy atom. The van der Waals surface area contributed by atoms with E-state index in [1.165, 1.54) is 24.4 Å². The van der Waals surface area contributed by atoms with Gasteiger partial charge in [0.05, 0.1) is 21.2 Å². The van der Waals surface area contributed by atoms with Gasteiger partial charge in [0, 0.05) is 22.7 Å². The third kappa shape index (κ3) is 3.34. The number of halogens is 2. The maximum atomic E-state index is 12.2. The highest BCUT2D eigenvalue weighted by atomic mass is 35.5. The fraction of sp³-hybridized carbons (Fsp3) is 0. The van der Waals surface area contributed by atoms with Gasteiger partial charge >= 0.3 is 0 Å². The molecule has 0 atom stereocenters. The topological polar surface area (TPSA) is 74.3 Å². The lowest BCUT2D eigenvalue weighted by Gasteiger charge is -2.04. The van der Waals surface area contributed by atoms with Crippen LogP contribution >= 0.6 is 23.2 Å². The van der Waals surface area contributed by atoms with Gasteiger partial charge in [0.2, 0.25) is 0 Å².